The fourth-order valence-corrected chi connectivity index (χ4v) is 6.72. The van der Waals surface area contributed by atoms with Crippen molar-refractivity contribution in [3.05, 3.63) is 72.9 Å². The molecule has 0 rings (SSSR count). The SMILES string of the molecule is CC/C=C\C/C=C\C/C=C\C/C=C\C/C=C\C=C/C(O)CCC(=O)OC[C@H](COP(=O)(O)OC[C@H](N)C(=O)O)OC(=O)CCCCCCCCCCCCCCCCCCC. The number of carboxylic acid groups (broad SMARTS) is 1. The van der Waals surface area contributed by atoms with Crippen LogP contribution in [0.5, 0.6) is 0 Å². The molecule has 12 nitrogen and oxygen atoms in total. The number of carboxylic acids is 1. The van der Waals surface area contributed by atoms with Crippen LogP contribution in [0.3, 0.4) is 0 Å². The molecule has 350 valence electrons. The highest BCUT2D eigenvalue weighted by Crippen LogP contribution is 2.43. The molecule has 0 heterocycles. The first-order valence-corrected chi connectivity index (χ1v) is 24.6. The number of hydrogen-bond acceptors (Lipinski definition) is 10. The van der Waals surface area contributed by atoms with Crippen LogP contribution in [0.15, 0.2) is 72.9 Å². The van der Waals surface area contributed by atoms with Gasteiger partial charge in [0.1, 0.15) is 12.6 Å². The van der Waals surface area contributed by atoms with Gasteiger partial charge in [0, 0.05) is 12.8 Å². The van der Waals surface area contributed by atoms with Crippen molar-refractivity contribution < 1.29 is 52.6 Å². The minimum atomic E-state index is -4.78. The first kappa shape index (κ1) is 57.9. The lowest BCUT2D eigenvalue weighted by atomic mass is 10.0. The molecule has 0 saturated carbocycles. The Hall–Kier alpha value is -3.12. The van der Waals surface area contributed by atoms with Crippen LogP contribution in [0, 0.1) is 0 Å². The van der Waals surface area contributed by atoms with Gasteiger partial charge < -0.3 is 30.3 Å². The smallest absolute Gasteiger partial charge is 0.472 e. The number of ether oxygens (including phenoxy) is 2. The number of aliphatic carboxylic acids is 1. The van der Waals surface area contributed by atoms with E-state index in [0.717, 1.165) is 51.4 Å². The number of unbranched alkanes of at least 4 members (excludes halogenated alkanes) is 16. The van der Waals surface area contributed by atoms with E-state index in [1.165, 1.54) is 83.5 Å². The van der Waals surface area contributed by atoms with Gasteiger partial charge in [0.05, 0.1) is 19.3 Å². The molecule has 13 heteroatoms. The van der Waals surface area contributed by atoms with E-state index < -0.39 is 63.8 Å². The molecule has 0 aliphatic carbocycles. The lowest BCUT2D eigenvalue weighted by Gasteiger charge is -2.20. The summed E-state index contributed by atoms with van der Waals surface area (Å²) in [6.45, 7) is 2.45. The van der Waals surface area contributed by atoms with Crippen molar-refractivity contribution in [1.82, 2.24) is 0 Å². The number of carbonyl (C=O) groups is 3. The number of phosphoric ester groups is 1. The Labute approximate surface area is 368 Å². The van der Waals surface area contributed by atoms with Gasteiger partial charge in [-0.1, -0.05) is 189 Å². The van der Waals surface area contributed by atoms with Crippen molar-refractivity contribution >= 4 is 25.7 Å². The van der Waals surface area contributed by atoms with Crippen molar-refractivity contribution in [2.75, 3.05) is 19.8 Å². The summed E-state index contributed by atoms with van der Waals surface area (Å²) in [5, 5.41) is 19.2. The van der Waals surface area contributed by atoms with Crippen LogP contribution in [0.4, 0.5) is 0 Å². The Bertz CT molecular complexity index is 1330. The highest BCUT2D eigenvalue weighted by Gasteiger charge is 2.28. The summed E-state index contributed by atoms with van der Waals surface area (Å²) in [5.74, 6) is -2.69. The molecule has 0 fully saturated rings. The zero-order valence-corrected chi connectivity index (χ0v) is 38.5. The van der Waals surface area contributed by atoms with Crippen molar-refractivity contribution in [2.45, 2.75) is 193 Å². The number of aliphatic hydroxyl groups is 1. The number of nitrogens with two attached hydrogens (primary N) is 1. The summed E-state index contributed by atoms with van der Waals surface area (Å²) in [6, 6.07) is -1.56. The quantitative estimate of drug-likeness (QED) is 0.0149. The van der Waals surface area contributed by atoms with Gasteiger partial charge in [0.2, 0.25) is 0 Å². The van der Waals surface area contributed by atoms with E-state index >= 15 is 0 Å². The van der Waals surface area contributed by atoms with Crippen LogP contribution in [0.25, 0.3) is 0 Å². The number of hydrogen-bond donors (Lipinski definition) is 4. The second-order valence-electron chi connectivity index (χ2n) is 15.4. The molecule has 0 spiro atoms. The van der Waals surface area contributed by atoms with Crippen LogP contribution < -0.4 is 5.73 Å². The van der Waals surface area contributed by atoms with E-state index in [1.807, 2.05) is 12.2 Å². The maximum absolute atomic E-state index is 12.7. The van der Waals surface area contributed by atoms with Gasteiger partial charge in [-0.15, -0.1) is 0 Å². The molecule has 4 atom stereocenters. The Balaban J connectivity index is 4.54. The number of phosphoric acid groups is 1. The average Bonchev–Trinajstić information content (AvgIpc) is 3.23. The number of allylic oxidation sites excluding steroid dienone is 11. The molecular formula is C48H82NO11P. The molecule has 5 N–H and O–H groups in total. The van der Waals surface area contributed by atoms with Gasteiger partial charge in [-0.25, -0.2) is 4.57 Å². The molecule has 0 aliphatic rings. The van der Waals surface area contributed by atoms with E-state index in [9.17, 15) is 28.9 Å². The predicted octanol–water partition coefficient (Wildman–Crippen LogP) is 11.5. The minimum Gasteiger partial charge on any atom is -0.480 e. The molecule has 0 radical (unpaired) electrons. The topological polar surface area (TPSA) is 192 Å². The Kier molecular flexibility index (Phi) is 40.0. The van der Waals surface area contributed by atoms with Crippen LogP contribution in [-0.4, -0.2) is 71.1 Å². The van der Waals surface area contributed by atoms with Crippen molar-refractivity contribution in [3.8, 4) is 0 Å². The molecule has 0 aliphatic heterocycles. The van der Waals surface area contributed by atoms with E-state index in [1.54, 1.807) is 12.2 Å². The Morgan fingerprint density at radius 1 is 0.590 bits per heavy atom. The highest BCUT2D eigenvalue weighted by molar-refractivity contribution is 7.47. The molecule has 61 heavy (non-hydrogen) atoms. The van der Waals surface area contributed by atoms with E-state index in [-0.39, 0.29) is 19.3 Å². The third kappa shape index (κ3) is 42.0. The predicted molar refractivity (Wildman–Crippen MR) is 246 cm³/mol. The number of aliphatic hydroxyl groups excluding tert-OH is 1. The summed E-state index contributed by atoms with van der Waals surface area (Å²) < 4.78 is 32.6. The summed E-state index contributed by atoms with van der Waals surface area (Å²) in [6.07, 6.45) is 47.2. The molecule has 0 aromatic carbocycles. The van der Waals surface area contributed by atoms with Gasteiger partial charge in [-0.2, -0.15) is 0 Å². The zero-order valence-electron chi connectivity index (χ0n) is 37.6. The van der Waals surface area contributed by atoms with Crippen molar-refractivity contribution in [1.29, 1.82) is 0 Å². The van der Waals surface area contributed by atoms with Gasteiger partial charge in [0.25, 0.3) is 0 Å². The third-order valence-electron chi connectivity index (χ3n) is 9.59. The monoisotopic (exact) mass is 880 g/mol. The van der Waals surface area contributed by atoms with Gasteiger partial charge in [0.15, 0.2) is 6.10 Å². The van der Waals surface area contributed by atoms with Crippen LogP contribution >= 0.6 is 7.82 Å². The lowest BCUT2D eigenvalue weighted by Crippen LogP contribution is -2.34. The largest absolute Gasteiger partial charge is 0.480 e. The lowest BCUT2D eigenvalue weighted by molar-refractivity contribution is -0.161. The summed E-state index contributed by atoms with van der Waals surface area (Å²) in [7, 11) is -4.78. The fraction of sp³-hybridized carbons (Fsp3) is 0.688. The molecule has 2 unspecified atom stereocenters. The summed E-state index contributed by atoms with van der Waals surface area (Å²) in [5.41, 5.74) is 5.33. The van der Waals surface area contributed by atoms with E-state index in [4.69, 9.17) is 24.8 Å². The van der Waals surface area contributed by atoms with Crippen molar-refractivity contribution in [3.63, 3.8) is 0 Å². The average molecular weight is 880 g/mol. The maximum atomic E-state index is 12.7. The minimum absolute atomic E-state index is 0.0871. The maximum Gasteiger partial charge on any atom is 0.472 e. The van der Waals surface area contributed by atoms with Crippen LogP contribution in [0.1, 0.15) is 174 Å². The second kappa shape index (κ2) is 42.2. The summed E-state index contributed by atoms with van der Waals surface area (Å²) in [4.78, 5) is 46.1. The highest BCUT2D eigenvalue weighted by atomic mass is 31.2. The van der Waals surface area contributed by atoms with E-state index in [0.29, 0.717) is 6.42 Å². The molecule has 0 saturated heterocycles. The first-order valence-electron chi connectivity index (χ1n) is 23.1. The Morgan fingerprint density at radius 3 is 1.54 bits per heavy atom. The number of rotatable bonds is 42. The zero-order chi connectivity index (χ0) is 45.1. The first-order chi connectivity index (χ1) is 29.5. The van der Waals surface area contributed by atoms with Gasteiger partial charge >= 0.3 is 25.7 Å². The molecule has 0 bridgehead atoms. The number of esters is 2. The standard InChI is InChI=1S/C48H82NO11P/c1-3-5-7-9-11-13-15-17-19-21-23-25-27-29-31-33-35-37-47(52)60-44(41-58-61(55,56)59-42-45(49)48(53)54)40-57-46(51)39-38-43(50)36-34-32-30-28-26-24-22-20-18-16-14-12-10-8-6-4-2/h6,8,12,14,18,20,24,26,30,32,34,36,43-45,50H,3-5,7,9-11,13,15-17,19,21-23,25,27-29,31,33,35,37-42,49H2,1-2H3,(H,53,54)(H,55,56)/b8-6-,14-12-,20-18-,26-24-,32-30-,36-34-/t43?,44-,45+/m1/s1. The van der Waals surface area contributed by atoms with Crippen molar-refractivity contribution in [2.24, 2.45) is 5.73 Å². The molecular weight excluding hydrogens is 797 g/mol. The summed E-state index contributed by atoms with van der Waals surface area (Å²) >= 11 is 0. The van der Waals surface area contributed by atoms with E-state index in [2.05, 4.69) is 67.0 Å². The molecule has 0 aromatic rings. The third-order valence-corrected chi connectivity index (χ3v) is 10.5. The van der Waals surface area contributed by atoms with Crippen LogP contribution in [0.2, 0.25) is 0 Å². The normalized spacial score (nSPS) is 14.8. The Morgan fingerprint density at radius 2 is 1.05 bits per heavy atom. The molecule has 0 aromatic heterocycles. The number of carbonyl (C=O) groups excluding carboxylic acids is 2. The van der Waals surface area contributed by atoms with Gasteiger partial charge in [-0.05, 0) is 44.9 Å². The van der Waals surface area contributed by atoms with Gasteiger partial charge in [-0.3, -0.25) is 23.4 Å². The second-order valence-corrected chi connectivity index (χ2v) is 16.8. The fourth-order valence-electron chi connectivity index (χ4n) is 5.94. The van der Waals surface area contributed by atoms with Crippen LogP contribution in [-0.2, 0) is 37.5 Å². The molecule has 0 amide bonds.